The molecule has 6 nitrogen and oxygen atoms in total. The molecule has 1 unspecified atom stereocenters. The average molecular weight is 539 g/mol. The second-order valence-electron chi connectivity index (χ2n) is 9.61. The van der Waals surface area contributed by atoms with Crippen molar-refractivity contribution in [3.05, 3.63) is 151 Å². The van der Waals surface area contributed by atoms with Crippen LogP contribution in [-0.4, -0.2) is 18.9 Å². The summed E-state index contributed by atoms with van der Waals surface area (Å²) in [7, 11) is 0. The van der Waals surface area contributed by atoms with Crippen LogP contribution in [-0.2, 0) is 0 Å². The lowest BCUT2D eigenvalue weighted by Gasteiger charge is -2.24. The van der Waals surface area contributed by atoms with E-state index in [9.17, 15) is 0 Å². The Hall–Kier alpha value is -5.23. The van der Waals surface area contributed by atoms with Gasteiger partial charge in [-0.2, -0.15) is 15.3 Å². The third-order valence-corrected chi connectivity index (χ3v) is 6.80. The molecule has 0 fully saturated rings. The molecule has 0 amide bonds. The summed E-state index contributed by atoms with van der Waals surface area (Å²) in [6, 6.07) is 46.3. The third kappa shape index (κ3) is 6.68. The van der Waals surface area contributed by atoms with Gasteiger partial charge in [0.15, 0.2) is 0 Å². The van der Waals surface area contributed by atoms with Crippen molar-refractivity contribution in [2.45, 2.75) is 12.5 Å². The molecule has 6 rings (SSSR count). The van der Waals surface area contributed by atoms with Crippen molar-refractivity contribution in [3.63, 3.8) is 0 Å². The maximum Gasteiger partial charge on any atom is 0.122 e. The molecule has 6 heteroatoms. The van der Waals surface area contributed by atoms with E-state index in [4.69, 9.17) is 14.6 Å². The van der Waals surface area contributed by atoms with Crippen molar-refractivity contribution in [3.8, 4) is 11.5 Å². The first-order valence-corrected chi connectivity index (χ1v) is 13.7. The van der Waals surface area contributed by atoms with Gasteiger partial charge in [0, 0.05) is 6.42 Å². The van der Waals surface area contributed by atoms with Crippen LogP contribution < -0.4 is 14.5 Å². The van der Waals surface area contributed by atoms with Gasteiger partial charge in [0.2, 0.25) is 0 Å². The van der Waals surface area contributed by atoms with Gasteiger partial charge in [-0.3, -0.25) is 5.01 Å². The Labute approximate surface area is 240 Å². The number of azo groups is 1. The molecular formula is C35H30N4O2. The molecule has 202 valence electrons. The van der Waals surface area contributed by atoms with Crippen LogP contribution in [0.25, 0.3) is 0 Å². The third-order valence-electron chi connectivity index (χ3n) is 6.80. The van der Waals surface area contributed by atoms with Gasteiger partial charge in [0.1, 0.15) is 24.7 Å². The minimum absolute atomic E-state index is 0.111. The fraction of sp³-hybridized carbons (Fsp3) is 0.114. The van der Waals surface area contributed by atoms with Crippen LogP contribution >= 0.6 is 0 Å². The number of hydrogen-bond acceptors (Lipinski definition) is 6. The number of hydrazone groups is 1. The fourth-order valence-corrected chi connectivity index (χ4v) is 4.72. The summed E-state index contributed by atoms with van der Waals surface area (Å²) in [6.07, 6.45) is 0.833. The van der Waals surface area contributed by atoms with Crippen LogP contribution in [0.2, 0.25) is 0 Å². The average Bonchev–Trinajstić information content (AvgIpc) is 3.50. The Bertz CT molecular complexity index is 1590. The van der Waals surface area contributed by atoms with Gasteiger partial charge in [-0.1, -0.05) is 78.9 Å². The summed E-state index contributed by atoms with van der Waals surface area (Å²) in [5.41, 5.74) is 6.10. The van der Waals surface area contributed by atoms with Gasteiger partial charge >= 0.3 is 0 Å². The maximum atomic E-state index is 5.96. The fourth-order valence-electron chi connectivity index (χ4n) is 4.72. The predicted molar refractivity (Wildman–Crippen MR) is 164 cm³/mol. The number of rotatable bonds is 10. The molecule has 0 saturated carbocycles. The number of anilines is 1. The van der Waals surface area contributed by atoms with Crippen LogP contribution in [0.4, 0.5) is 17.1 Å². The Morgan fingerprint density at radius 2 is 1.10 bits per heavy atom. The molecule has 5 aromatic rings. The maximum absolute atomic E-state index is 5.96. The number of hydrogen-bond donors (Lipinski definition) is 0. The zero-order valence-corrected chi connectivity index (χ0v) is 22.6. The minimum atomic E-state index is 0.111. The molecule has 0 N–H and O–H groups in total. The second-order valence-corrected chi connectivity index (χ2v) is 9.61. The van der Waals surface area contributed by atoms with Crippen molar-refractivity contribution in [2.75, 3.05) is 18.2 Å². The van der Waals surface area contributed by atoms with Gasteiger partial charge in [-0.25, -0.2) is 0 Å². The number of ether oxygens (including phenoxy) is 2. The topological polar surface area (TPSA) is 58.8 Å². The van der Waals surface area contributed by atoms with Crippen LogP contribution in [0.3, 0.4) is 0 Å². The largest absolute Gasteiger partial charge is 0.490 e. The molecule has 0 aliphatic carbocycles. The molecule has 0 spiro atoms. The standard InChI is InChI=1S/C35H30N4O2/c1-4-10-27(11-5-1)34-26-35(39(38-34)31-14-8-3-9-15-31)28-16-20-32(21-17-28)40-24-25-41-33-22-18-30(19-23-33)37-36-29-12-6-2-7-13-29/h1-23,35H,24-26H2. The Morgan fingerprint density at radius 1 is 0.585 bits per heavy atom. The summed E-state index contributed by atoms with van der Waals surface area (Å²) >= 11 is 0. The zero-order chi connectivity index (χ0) is 27.7. The highest BCUT2D eigenvalue weighted by molar-refractivity contribution is 6.03. The summed E-state index contributed by atoms with van der Waals surface area (Å²) in [5.74, 6) is 1.57. The smallest absolute Gasteiger partial charge is 0.122 e. The molecule has 0 radical (unpaired) electrons. The van der Waals surface area contributed by atoms with Crippen LogP contribution in [0.15, 0.2) is 155 Å². The minimum Gasteiger partial charge on any atom is -0.490 e. The van der Waals surface area contributed by atoms with Gasteiger partial charge < -0.3 is 9.47 Å². The predicted octanol–water partition coefficient (Wildman–Crippen LogP) is 8.92. The zero-order valence-electron chi connectivity index (χ0n) is 22.6. The first kappa shape index (κ1) is 26.0. The lowest BCUT2D eigenvalue weighted by Crippen LogP contribution is -2.18. The first-order valence-electron chi connectivity index (χ1n) is 13.7. The summed E-state index contributed by atoms with van der Waals surface area (Å²) in [6.45, 7) is 0.876. The van der Waals surface area contributed by atoms with E-state index in [2.05, 4.69) is 63.8 Å². The van der Waals surface area contributed by atoms with Crippen molar-refractivity contribution >= 4 is 22.8 Å². The number of benzene rings is 5. The number of para-hydroxylation sites is 1. The Kier molecular flexibility index (Phi) is 8.09. The SMILES string of the molecule is c1ccc(N=Nc2ccc(OCCOc3ccc(C4CC(c5ccccc5)=NN4c4ccccc4)cc3)cc2)cc1. The van der Waals surface area contributed by atoms with Crippen LogP contribution in [0, 0.1) is 0 Å². The molecule has 1 atom stereocenters. The summed E-state index contributed by atoms with van der Waals surface area (Å²) in [4.78, 5) is 0. The molecule has 0 saturated heterocycles. The summed E-state index contributed by atoms with van der Waals surface area (Å²) in [5, 5.41) is 15.6. The highest BCUT2D eigenvalue weighted by Crippen LogP contribution is 2.37. The van der Waals surface area contributed by atoms with E-state index in [1.165, 1.54) is 5.56 Å². The van der Waals surface area contributed by atoms with E-state index in [1.807, 2.05) is 91.0 Å². The van der Waals surface area contributed by atoms with Gasteiger partial charge in [0.05, 0.1) is 28.8 Å². The highest BCUT2D eigenvalue weighted by Gasteiger charge is 2.29. The van der Waals surface area contributed by atoms with E-state index >= 15 is 0 Å². The molecule has 1 aliphatic rings. The van der Waals surface area contributed by atoms with Gasteiger partial charge in [-0.15, -0.1) is 0 Å². The van der Waals surface area contributed by atoms with E-state index in [-0.39, 0.29) is 6.04 Å². The Balaban J connectivity index is 1.03. The lowest BCUT2D eigenvalue weighted by molar-refractivity contribution is 0.217. The lowest BCUT2D eigenvalue weighted by atomic mass is 9.98. The van der Waals surface area contributed by atoms with Crippen LogP contribution in [0.1, 0.15) is 23.6 Å². The Morgan fingerprint density at radius 3 is 1.71 bits per heavy atom. The van der Waals surface area contributed by atoms with Crippen molar-refractivity contribution in [1.82, 2.24) is 0 Å². The summed E-state index contributed by atoms with van der Waals surface area (Å²) < 4.78 is 11.8. The van der Waals surface area contributed by atoms with Gasteiger partial charge in [-0.05, 0) is 71.8 Å². The molecule has 41 heavy (non-hydrogen) atoms. The number of nitrogens with zero attached hydrogens (tertiary/aromatic N) is 4. The van der Waals surface area contributed by atoms with Crippen LogP contribution in [0.5, 0.6) is 11.5 Å². The van der Waals surface area contributed by atoms with Gasteiger partial charge in [0.25, 0.3) is 0 Å². The molecular weight excluding hydrogens is 508 g/mol. The van der Waals surface area contributed by atoms with E-state index in [1.54, 1.807) is 0 Å². The van der Waals surface area contributed by atoms with E-state index in [0.717, 1.165) is 46.3 Å². The normalized spacial score (nSPS) is 14.7. The monoisotopic (exact) mass is 538 g/mol. The molecule has 1 heterocycles. The molecule has 1 aliphatic heterocycles. The molecule has 0 aromatic heterocycles. The van der Waals surface area contributed by atoms with Crippen molar-refractivity contribution in [2.24, 2.45) is 15.3 Å². The van der Waals surface area contributed by atoms with Crippen molar-refractivity contribution in [1.29, 1.82) is 0 Å². The quantitative estimate of drug-likeness (QED) is 0.132. The second kappa shape index (κ2) is 12.7. The highest BCUT2D eigenvalue weighted by atomic mass is 16.5. The first-order chi connectivity index (χ1) is 20.3. The van der Waals surface area contributed by atoms with E-state index in [0.29, 0.717) is 13.2 Å². The van der Waals surface area contributed by atoms with Crippen molar-refractivity contribution < 1.29 is 9.47 Å². The molecule has 0 bridgehead atoms. The van der Waals surface area contributed by atoms with E-state index < -0.39 is 0 Å². The molecule has 5 aromatic carbocycles.